The Bertz CT molecular complexity index is 1490. The van der Waals surface area contributed by atoms with Crippen molar-refractivity contribution in [2.75, 3.05) is 14.2 Å². The van der Waals surface area contributed by atoms with Crippen molar-refractivity contribution in [1.29, 1.82) is 0 Å². The van der Waals surface area contributed by atoms with Gasteiger partial charge in [0.25, 0.3) is 0 Å². The number of carbonyl (C=O) groups is 1. The predicted molar refractivity (Wildman–Crippen MR) is 146 cm³/mol. The van der Waals surface area contributed by atoms with Crippen molar-refractivity contribution < 1.29 is 50.1 Å². The minimum absolute atomic E-state index is 0.0511. The Hall–Kier alpha value is -4.93. The number of methoxy groups -OCH3 is 2. The Morgan fingerprint density at radius 1 is 0.558 bits per heavy atom. The smallest absolute Gasteiger partial charge is 0.497 e. The highest BCUT2D eigenvalue weighted by atomic mass is 19.4. The minimum Gasteiger partial charge on any atom is -0.497 e. The summed E-state index contributed by atoms with van der Waals surface area (Å²) in [6.07, 6.45) is -8.18. The maximum Gasteiger partial charge on any atom is 0.573 e. The number of Topliss-reactive ketones (excluding diaryl/α,β-unsaturated/α-hetero) is 1. The van der Waals surface area contributed by atoms with Gasteiger partial charge in [-0.1, -0.05) is 42.5 Å². The van der Waals surface area contributed by atoms with Crippen LogP contribution in [0, 0.1) is 0 Å². The molecule has 0 aliphatic rings. The van der Waals surface area contributed by atoms with Crippen LogP contribution >= 0.6 is 0 Å². The molecule has 0 saturated heterocycles. The predicted octanol–water partition coefficient (Wildman–Crippen LogP) is 8.60. The molecule has 4 aromatic carbocycles. The molecule has 0 radical (unpaired) electrons. The lowest BCUT2D eigenvalue weighted by Crippen LogP contribution is -2.17. The molecule has 0 aliphatic carbocycles. The lowest BCUT2D eigenvalue weighted by Gasteiger charge is -2.18. The molecule has 0 aromatic heterocycles. The van der Waals surface area contributed by atoms with Crippen molar-refractivity contribution in [3.05, 3.63) is 125 Å². The van der Waals surface area contributed by atoms with E-state index in [0.29, 0.717) is 33.8 Å². The van der Waals surface area contributed by atoms with E-state index in [-0.39, 0.29) is 5.56 Å². The molecule has 0 amide bonds. The van der Waals surface area contributed by atoms with Crippen LogP contribution in [0.1, 0.15) is 33.0 Å². The van der Waals surface area contributed by atoms with Crippen molar-refractivity contribution in [3.8, 4) is 23.0 Å². The largest absolute Gasteiger partial charge is 0.573 e. The van der Waals surface area contributed by atoms with Gasteiger partial charge in [-0.3, -0.25) is 4.79 Å². The van der Waals surface area contributed by atoms with Crippen LogP contribution in [0.5, 0.6) is 23.0 Å². The highest BCUT2D eigenvalue weighted by Crippen LogP contribution is 2.34. The first-order chi connectivity index (χ1) is 20.3. The van der Waals surface area contributed by atoms with Crippen LogP contribution in [-0.4, -0.2) is 32.7 Å². The van der Waals surface area contributed by atoms with Crippen molar-refractivity contribution >= 4 is 11.4 Å². The number of hydrogen-bond acceptors (Lipinski definition) is 5. The van der Waals surface area contributed by atoms with Gasteiger partial charge in [-0.25, -0.2) is 0 Å². The summed E-state index contributed by atoms with van der Waals surface area (Å²) in [6.45, 7) is 0. The van der Waals surface area contributed by atoms with Crippen LogP contribution in [0.15, 0.2) is 103 Å². The molecular weight excluding hydrogens is 578 g/mol. The van der Waals surface area contributed by atoms with Crippen LogP contribution in [0.25, 0.3) is 5.57 Å². The standard InChI is InChI=1S/C32H24F6O5/c1-40-24-11-3-20(4-12-24)28(21-5-13-25(41-2)14-6-21)19-29(22-7-15-26(16-8-22)42-31(33,34)35)30(39)23-9-17-27(18-10-23)43-32(36,37)38/h3-19,29H,1-2H3/t29-/m0/s1. The van der Waals surface area contributed by atoms with E-state index in [1.165, 1.54) is 38.5 Å². The zero-order chi connectivity index (χ0) is 31.2. The van der Waals surface area contributed by atoms with Crippen LogP contribution < -0.4 is 18.9 Å². The minimum atomic E-state index is -4.91. The lowest BCUT2D eigenvalue weighted by molar-refractivity contribution is -0.275. The van der Waals surface area contributed by atoms with E-state index in [1.807, 2.05) is 0 Å². The Morgan fingerprint density at radius 3 is 1.28 bits per heavy atom. The number of hydrogen-bond donors (Lipinski definition) is 0. The van der Waals surface area contributed by atoms with Crippen molar-refractivity contribution in [2.45, 2.75) is 18.6 Å². The molecular formula is C32H24F6O5. The molecule has 5 nitrogen and oxygen atoms in total. The molecule has 0 heterocycles. The molecule has 224 valence electrons. The fourth-order valence-electron chi connectivity index (χ4n) is 4.27. The maximum atomic E-state index is 13.9. The molecule has 4 rings (SSSR count). The molecule has 11 heteroatoms. The second-order valence-corrected chi connectivity index (χ2v) is 9.07. The fraction of sp³-hybridized carbons (Fsp3) is 0.156. The molecule has 0 spiro atoms. The summed E-state index contributed by atoms with van der Waals surface area (Å²) in [5.74, 6) is -1.41. The number of rotatable bonds is 10. The summed E-state index contributed by atoms with van der Waals surface area (Å²) in [5.41, 5.74) is 2.34. The van der Waals surface area contributed by atoms with Crippen molar-refractivity contribution in [3.63, 3.8) is 0 Å². The molecule has 0 aliphatic heterocycles. The Labute approximate surface area is 242 Å². The SMILES string of the molecule is COc1ccc(C(=C[C@H](C(=O)c2ccc(OC(F)(F)F)cc2)c2ccc(OC(F)(F)F)cc2)c2ccc(OC)cc2)cc1. The van der Waals surface area contributed by atoms with Gasteiger partial charge in [-0.05, 0) is 82.9 Å². The van der Waals surface area contributed by atoms with Crippen molar-refractivity contribution in [1.82, 2.24) is 0 Å². The summed E-state index contributed by atoms with van der Waals surface area (Å²) in [6, 6.07) is 23.2. The van der Waals surface area contributed by atoms with E-state index in [1.54, 1.807) is 54.6 Å². The molecule has 43 heavy (non-hydrogen) atoms. The summed E-state index contributed by atoms with van der Waals surface area (Å²) in [7, 11) is 3.03. The van der Waals surface area contributed by atoms with E-state index in [2.05, 4.69) is 9.47 Å². The van der Waals surface area contributed by atoms with E-state index < -0.39 is 35.9 Å². The first-order valence-corrected chi connectivity index (χ1v) is 12.6. The number of ketones is 1. The lowest BCUT2D eigenvalue weighted by atomic mass is 9.85. The van der Waals surface area contributed by atoms with Crippen LogP contribution in [0.3, 0.4) is 0 Å². The Morgan fingerprint density at radius 2 is 0.907 bits per heavy atom. The van der Waals surface area contributed by atoms with Gasteiger partial charge in [0.15, 0.2) is 5.78 Å². The Kier molecular flexibility index (Phi) is 9.33. The van der Waals surface area contributed by atoms with E-state index >= 15 is 0 Å². The average Bonchev–Trinajstić information content (AvgIpc) is 2.97. The van der Waals surface area contributed by atoms with Gasteiger partial charge in [-0.15, -0.1) is 26.3 Å². The zero-order valence-corrected chi connectivity index (χ0v) is 22.7. The van der Waals surface area contributed by atoms with E-state index in [4.69, 9.17) is 9.47 Å². The number of carbonyl (C=O) groups excluding carboxylic acids is 1. The molecule has 0 unspecified atom stereocenters. The number of ether oxygens (including phenoxy) is 4. The van der Waals surface area contributed by atoms with Gasteiger partial charge in [0.2, 0.25) is 0 Å². The molecule has 0 bridgehead atoms. The van der Waals surface area contributed by atoms with Gasteiger partial charge < -0.3 is 18.9 Å². The summed E-state index contributed by atoms with van der Waals surface area (Å²) in [5, 5.41) is 0. The maximum absolute atomic E-state index is 13.9. The molecule has 0 N–H and O–H groups in total. The topological polar surface area (TPSA) is 54.0 Å². The third-order valence-electron chi connectivity index (χ3n) is 6.26. The Balaban J connectivity index is 1.83. The molecule has 0 fully saturated rings. The van der Waals surface area contributed by atoms with Gasteiger partial charge in [0.05, 0.1) is 20.1 Å². The molecule has 4 aromatic rings. The van der Waals surface area contributed by atoms with Crippen LogP contribution in [0.4, 0.5) is 26.3 Å². The second kappa shape index (κ2) is 12.9. The normalized spacial score (nSPS) is 12.2. The second-order valence-electron chi connectivity index (χ2n) is 9.07. The number of allylic oxidation sites excluding steroid dienone is 1. The summed E-state index contributed by atoms with van der Waals surface area (Å²) in [4.78, 5) is 13.9. The third-order valence-corrected chi connectivity index (χ3v) is 6.26. The number of benzene rings is 4. The van der Waals surface area contributed by atoms with Gasteiger partial charge in [0, 0.05) is 5.56 Å². The first-order valence-electron chi connectivity index (χ1n) is 12.6. The summed E-state index contributed by atoms with van der Waals surface area (Å²) < 4.78 is 94.6. The molecule has 1 atom stereocenters. The van der Waals surface area contributed by atoms with Gasteiger partial charge >= 0.3 is 12.7 Å². The van der Waals surface area contributed by atoms with Gasteiger partial charge in [-0.2, -0.15) is 0 Å². The van der Waals surface area contributed by atoms with E-state index in [9.17, 15) is 31.1 Å². The fourth-order valence-corrected chi connectivity index (χ4v) is 4.27. The third kappa shape index (κ3) is 8.54. The average molecular weight is 603 g/mol. The molecule has 0 saturated carbocycles. The number of halogens is 6. The number of alkyl halides is 6. The monoisotopic (exact) mass is 602 g/mol. The van der Waals surface area contributed by atoms with E-state index in [0.717, 1.165) is 24.3 Å². The van der Waals surface area contributed by atoms with Crippen LogP contribution in [0.2, 0.25) is 0 Å². The van der Waals surface area contributed by atoms with Crippen LogP contribution in [-0.2, 0) is 0 Å². The quantitative estimate of drug-likeness (QED) is 0.134. The van der Waals surface area contributed by atoms with Crippen molar-refractivity contribution in [2.24, 2.45) is 0 Å². The summed E-state index contributed by atoms with van der Waals surface area (Å²) >= 11 is 0. The van der Waals surface area contributed by atoms with Gasteiger partial charge in [0.1, 0.15) is 23.0 Å². The highest BCUT2D eigenvalue weighted by molar-refractivity contribution is 6.03. The zero-order valence-electron chi connectivity index (χ0n) is 22.7. The highest BCUT2D eigenvalue weighted by Gasteiger charge is 2.32. The first kappa shape index (κ1) is 31.0.